The minimum atomic E-state index is -0.798. The van der Waals surface area contributed by atoms with Crippen molar-refractivity contribution < 1.29 is 29.3 Å². The number of benzene rings is 3. The largest absolute Gasteiger partial charge is 0.507 e. The summed E-state index contributed by atoms with van der Waals surface area (Å²) in [7, 11) is 0. The smallest absolute Gasteiger partial charge is 0.356 e. The van der Waals surface area contributed by atoms with Crippen molar-refractivity contribution in [2.24, 2.45) is 0 Å². The molecule has 1 saturated heterocycles. The number of amides is 2. The number of carbonyl (C=O) groups excluding carboxylic acids is 3. The Bertz CT molecular complexity index is 1660. The number of rotatable bonds is 8. The summed E-state index contributed by atoms with van der Waals surface area (Å²) in [6, 6.07) is 22.5. The van der Waals surface area contributed by atoms with E-state index in [1.165, 1.54) is 46.2 Å². The van der Waals surface area contributed by atoms with Crippen molar-refractivity contribution in [2.75, 3.05) is 5.75 Å². The van der Waals surface area contributed by atoms with Crippen LogP contribution in [0.1, 0.15) is 29.8 Å². The van der Waals surface area contributed by atoms with Crippen LogP contribution in [0.4, 0.5) is 0 Å². The summed E-state index contributed by atoms with van der Waals surface area (Å²) in [5.41, 5.74) is 3.20. The Labute approximate surface area is 255 Å². The lowest BCUT2D eigenvalue weighted by Crippen LogP contribution is -2.70. The van der Waals surface area contributed by atoms with Crippen molar-refractivity contribution in [1.29, 1.82) is 0 Å². The van der Waals surface area contributed by atoms with Crippen LogP contribution < -0.4 is 5.32 Å². The van der Waals surface area contributed by atoms with Crippen LogP contribution in [-0.2, 0) is 25.5 Å². The Morgan fingerprint density at radius 1 is 1.00 bits per heavy atom. The number of phenols is 2. The van der Waals surface area contributed by atoms with E-state index < -0.39 is 29.4 Å². The van der Waals surface area contributed by atoms with Crippen LogP contribution in [-0.4, -0.2) is 55.0 Å². The fourth-order valence-electron chi connectivity index (χ4n) is 5.15. The summed E-state index contributed by atoms with van der Waals surface area (Å²) in [5.74, 6) is -1.10. The number of thiazole rings is 1. The van der Waals surface area contributed by atoms with Crippen LogP contribution in [0.5, 0.6) is 11.5 Å². The summed E-state index contributed by atoms with van der Waals surface area (Å²) in [5, 5.41) is 24.6. The fourth-order valence-corrected chi connectivity index (χ4v) is 7.32. The number of nitrogens with one attached hydrogen (secondary N) is 1. The van der Waals surface area contributed by atoms with E-state index in [4.69, 9.17) is 4.74 Å². The number of aromatic hydroxyl groups is 2. The number of hydrogen-bond donors (Lipinski definition) is 3. The summed E-state index contributed by atoms with van der Waals surface area (Å²) >= 11 is 2.66. The molecule has 2 aliphatic heterocycles. The maximum atomic E-state index is 13.6. The minimum absolute atomic E-state index is 0.0916. The number of ether oxygens (including phenoxy) is 1. The van der Waals surface area contributed by atoms with E-state index in [2.05, 4.69) is 10.3 Å². The molecule has 43 heavy (non-hydrogen) atoms. The first-order valence-electron chi connectivity index (χ1n) is 13.5. The van der Waals surface area contributed by atoms with Gasteiger partial charge in [-0.1, -0.05) is 66.7 Å². The molecular formula is C32H27N3O6S2. The molecule has 218 valence electrons. The molecule has 3 N–H and O–H groups in total. The zero-order valence-electron chi connectivity index (χ0n) is 23.0. The molecule has 2 aliphatic rings. The Morgan fingerprint density at radius 3 is 2.26 bits per heavy atom. The molecule has 11 heteroatoms. The maximum Gasteiger partial charge on any atom is 0.356 e. The summed E-state index contributed by atoms with van der Waals surface area (Å²) in [6.45, 7) is 1.81. The molecule has 0 radical (unpaired) electrons. The van der Waals surface area contributed by atoms with Gasteiger partial charge < -0.3 is 20.3 Å². The first-order valence-corrected chi connectivity index (χ1v) is 15.4. The molecule has 1 aromatic heterocycles. The second-order valence-electron chi connectivity index (χ2n) is 10.2. The molecule has 9 nitrogen and oxygen atoms in total. The molecule has 0 aliphatic carbocycles. The van der Waals surface area contributed by atoms with Crippen molar-refractivity contribution in [3.63, 3.8) is 0 Å². The van der Waals surface area contributed by atoms with E-state index in [0.29, 0.717) is 16.5 Å². The van der Waals surface area contributed by atoms with Gasteiger partial charge in [-0.05, 0) is 35.8 Å². The van der Waals surface area contributed by atoms with E-state index in [1.807, 2.05) is 60.7 Å². The van der Waals surface area contributed by atoms with Crippen molar-refractivity contribution >= 4 is 40.9 Å². The number of thioether (sulfide) groups is 1. The third kappa shape index (κ3) is 5.61. The third-order valence-electron chi connectivity index (χ3n) is 7.23. The number of fused-ring (bicyclic) bond motifs is 1. The maximum absolute atomic E-state index is 13.6. The average Bonchev–Trinajstić information content (AvgIpc) is 3.46. The van der Waals surface area contributed by atoms with Crippen LogP contribution in [0, 0.1) is 0 Å². The molecule has 6 rings (SSSR count). The molecule has 0 bridgehead atoms. The highest BCUT2D eigenvalue weighted by molar-refractivity contribution is 8.00. The van der Waals surface area contributed by atoms with E-state index >= 15 is 0 Å². The SMILES string of the molecule is CC1=C(C(=O)OC(c2ccccc2)c2ccccc2)N2C(=O)C(NC(=O)Cc3csc(-c4c(O)cccc4O)n3)C2SC1. The van der Waals surface area contributed by atoms with Crippen LogP contribution in [0.25, 0.3) is 10.6 Å². The molecule has 4 aromatic rings. The monoisotopic (exact) mass is 613 g/mol. The number of carbonyl (C=O) groups is 3. The average molecular weight is 614 g/mol. The number of esters is 1. The first-order chi connectivity index (χ1) is 20.8. The molecular weight excluding hydrogens is 587 g/mol. The fraction of sp³-hybridized carbons (Fsp3) is 0.188. The number of hydrogen-bond acceptors (Lipinski definition) is 9. The van der Waals surface area contributed by atoms with Crippen LogP contribution in [0.3, 0.4) is 0 Å². The molecule has 0 saturated carbocycles. The standard InChI is InChI=1S/C32H27N3O6S2/c1-18-16-43-31-26(34-24(38)15-21-17-42-29(33-21)25-22(36)13-8-14-23(25)37)30(39)35(31)27(18)32(40)41-28(19-9-4-2-5-10-19)20-11-6-3-7-12-20/h2-14,17,26,28,31,36-37H,15-16H2,1H3,(H,34,38). The summed E-state index contributed by atoms with van der Waals surface area (Å²) in [4.78, 5) is 45.7. The topological polar surface area (TPSA) is 129 Å². The van der Waals surface area contributed by atoms with Gasteiger partial charge in [0.15, 0.2) is 6.10 Å². The Hall–Kier alpha value is -4.61. The van der Waals surface area contributed by atoms with Crippen molar-refractivity contribution in [3.8, 4) is 22.1 Å². The van der Waals surface area contributed by atoms with Crippen LogP contribution in [0.2, 0.25) is 0 Å². The van der Waals surface area contributed by atoms with Crippen molar-refractivity contribution in [2.45, 2.75) is 30.9 Å². The zero-order chi connectivity index (χ0) is 30.1. The second kappa shape index (κ2) is 11.9. The Balaban J connectivity index is 1.14. The summed E-state index contributed by atoms with van der Waals surface area (Å²) in [6.07, 6.45) is -0.746. The van der Waals surface area contributed by atoms with Crippen molar-refractivity contribution in [3.05, 3.63) is 112 Å². The Kier molecular flexibility index (Phi) is 7.92. The van der Waals surface area contributed by atoms with E-state index in [1.54, 1.807) is 12.3 Å². The lowest BCUT2D eigenvalue weighted by atomic mass is 10.0. The van der Waals surface area contributed by atoms with Crippen LogP contribution in [0.15, 0.2) is 95.5 Å². The summed E-state index contributed by atoms with van der Waals surface area (Å²) < 4.78 is 6.05. The number of phenolic OH excluding ortho intramolecular Hbond substituents is 2. The van der Waals surface area contributed by atoms with Gasteiger partial charge in [-0.2, -0.15) is 0 Å². The van der Waals surface area contributed by atoms with Gasteiger partial charge in [0, 0.05) is 11.1 Å². The van der Waals surface area contributed by atoms with Gasteiger partial charge in [-0.25, -0.2) is 9.78 Å². The van der Waals surface area contributed by atoms with Gasteiger partial charge in [0.2, 0.25) is 5.91 Å². The van der Waals surface area contributed by atoms with Gasteiger partial charge in [0.25, 0.3) is 5.91 Å². The van der Waals surface area contributed by atoms with Gasteiger partial charge in [0.1, 0.15) is 33.6 Å². The van der Waals surface area contributed by atoms with E-state index in [0.717, 1.165) is 16.7 Å². The highest BCUT2D eigenvalue weighted by atomic mass is 32.2. The van der Waals surface area contributed by atoms with Gasteiger partial charge in [0.05, 0.1) is 17.7 Å². The molecule has 2 amide bonds. The van der Waals surface area contributed by atoms with Gasteiger partial charge in [-0.3, -0.25) is 14.5 Å². The third-order valence-corrected chi connectivity index (χ3v) is 9.56. The van der Waals surface area contributed by atoms with E-state index in [9.17, 15) is 24.6 Å². The minimum Gasteiger partial charge on any atom is -0.507 e. The number of β-lactam (4-membered cyclic amide) rings is 1. The molecule has 1 fully saturated rings. The lowest BCUT2D eigenvalue weighted by Gasteiger charge is -2.49. The molecule has 0 spiro atoms. The quantitative estimate of drug-likeness (QED) is 0.192. The predicted molar refractivity (Wildman–Crippen MR) is 163 cm³/mol. The zero-order valence-corrected chi connectivity index (χ0v) is 24.6. The number of aromatic nitrogens is 1. The highest BCUT2D eigenvalue weighted by Gasteiger charge is 2.54. The normalized spacial score (nSPS) is 17.8. The Morgan fingerprint density at radius 2 is 1.63 bits per heavy atom. The molecule has 2 unspecified atom stereocenters. The van der Waals surface area contributed by atoms with E-state index in [-0.39, 0.29) is 35.1 Å². The predicted octanol–water partition coefficient (Wildman–Crippen LogP) is 4.77. The molecule has 3 heterocycles. The molecule has 3 aromatic carbocycles. The number of nitrogens with zero attached hydrogens (tertiary/aromatic N) is 2. The van der Waals surface area contributed by atoms with Gasteiger partial charge in [-0.15, -0.1) is 23.1 Å². The van der Waals surface area contributed by atoms with Crippen LogP contribution >= 0.6 is 23.1 Å². The second-order valence-corrected chi connectivity index (χ2v) is 12.1. The lowest BCUT2D eigenvalue weighted by molar-refractivity contribution is -0.154. The first kappa shape index (κ1) is 28.5. The van der Waals surface area contributed by atoms with Crippen molar-refractivity contribution in [1.82, 2.24) is 15.2 Å². The highest BCUT2D eigenvalue weighted by Crippen LogP contribution is 2.42. The van der Waals surface area contributed by atoms with Gasteiger partial charge >= 0.3 is 5.97 Å². The molecule has 2 atom stereocenters.